The lowest BCUT2D eigenvalue weighted by Crippen LogP contribution is -2.01. The zero-order valence-corrected chi connectivity index (χ0v) is 11.5. The number of aromatic nitrogens is 2. The summed E-state index contributed by atoms with van der Waals surface area (Å²) >= 11 is 6.23. The van der Waals surface area contributed by atoms with Gasteiger partial charge >= 0.3 is 0 Å². The summed E-state index contributed by atoms with van der Waals surface area (Å²) in [6.45, 7) is 2.00. The van der Waals surface area contributed by atoms with E-state index in [1.807, 2.05) is 25.1 Å². The fourth-order valence-electron chi connectivity index (χ4n) is 2.22. The van der Waals surface area contributed by atoms with Gasteiger partial charge in [0.15, 0.2) is 0 Å². The molecule has 2 aromatic carbocycles. The zero-order chi connectivity index (χ0) is 14.3. The number of hydrogen-bond acceptors (Lipinski definition) is 3. The predicted octanol–water partition coefficient (Wildman–Crippen LogP) is 3.44. The van der Waals surface area contributed by atoms with Gasteiger partial charge in [-0.15, -0.1) is 0 Å². The monoisotopic (exact) mass is 282 g/mol. The van der Waals surface area contributed by atoms with E-state index < -0.39 is 0 Å². The minimum atomic E-state index is 0.350. The van der Waals surface area contributed by atoms with Gasteiger partial charge in [0.2, 0.25) is 5.95 Å². The van der Waals surface area contributed by atoms with Crippen LogP contribution in [0.2, 0.25) is 5.02 Å². The van der Waals surface area contributed by atoms with Gasteiger partial charge in [-0.25, -0.2) is 4.98 Å². The van der Waals surface area contributed by atoms with Crippen LogP contribution in [0.5, 0.6) is 0 Å². The number of halogens is 1. The topological polar surface area (TPSA) is 67.6 Å². The highest BCUT2D eigenvalue weighted by atomic mass is 35.5. The molecule has 0 unspecified atom stereocenters. The summed E-state index contributed by atoms with van der Waals surface area (Å²) in [7, 11) is 0. The number of aryl methyl sites for hydroxylation is 1. The van der Waals surface area contributed by atoms with Crippen molar-refractivity contribution in [1.29, 1.82) is 5.26 Å². The number of hydrogen-bond donors (Lipinski definition) is 1. The Bertz CT molecular complexity index is 858. The average molecular weight is 283 g/mol. The number of nitrogens with two attached hydrogens (primary N) is 1. The summed E-state index contributed by atoms with van der Waals surface area (Å²) in [5.41, 5.74) is 9.98. The minimum absolute atomic E-state index is 0.350. The Hall–Kier alpha value is -2.51. The Kier molecular flexibility index (Phi) is 2.85. The highest BCUT2D eigenvalue weighted by Gasteiger charge is 2.13. The van der Waals surface area contributed by atoms with Gasteiger partial charge in [-0.1, -0.05) is 17.7 Å². The van der Waals surface area contributed by atoms with Gasteiger partial charge in [-0.3, -0.25) is 4.57 Å². The molecule has 3 aromatic rings. The van der Waals surface area contributed by atoms with Crippen LogP contribution < -0.4 is 5.73 Å². The Morgan fingerprint density at radius 1 is 1.25 bits per heavy atom. The van der Waals surface area contributed by atoms with Crippen LogP contribution in [0.15, 0.2) is 36.4 Å². The first-order chi connectivity index (χ1) is 9.60. The normalized spacial score (nSPS) is 10.7. The summed E-state index contributed by atoms with van der Waals surface area (Å²) in [6.07, 6.45) is 0. The molecule has 98 valence electrons. The molecule has 1 aromatic heterocycles. The van der Waals surface area contributed by atoms with Crippen molar-refractivity contribution in [1.82, 2.24) is 9.55 Å². The second-order valence-corrected chi connectivity index (χ2v) is 4.98. The molecule has 0 atom stereocenters. The minimum Gasteiger partial charge on any atom is -0.369 e. The first-order valence-corrected chi connectivity index (χ1v) is 6.42. The van der Waals surface area contributed by atoms with Gasteiger partial charge in [-0.2, -0.15) is 5.26 Å². The summed E-state index contributed by atoms with van der Waals surface area (Å²) in [5.74, 6) is 0.350. The van der Waals surface area contributed by atoms with Crippen LogP contribution in [0.4, 0.5) is 5.95 Å². The maximum Gasteiger partial charge on any atom is 0.205 e. The van der Waals surface area contributed by atoms with Gasteiger partial charge in [0.25, 0.3) is 0 Å². The molecule has 0 fully saturated rings. The molecular formula is C15H11ClN4. The number of nitrogen functional groups attached to an aromatic ring is 1. The Morgan fingerprint density at radius 2 is 2.05 bits per heavy atom. The number of fused-ring (bicyclic) bond motifs is 1. The maximum absolute atomic E-state index is 9.02. The summed E-state index contributed by atoms with van der Waals surface area (Å²) in [4.78, 5) is 4.35. The van der Waals surface area contributed by atoms with Crippen LogP contribution in [-0.2, 0) is 0 Å². The molecule has 0 radical (unpaired) electrons. The van der Waals surface area contributed by atoms with Crippen molar-refractivity contribution in [2.45, 2.75) is 6.92 Å². The third kappa shape index (κ3) is 1.89. The van der Waals surface area contributed by atoms with Crippen molar-refractivity contribution >= 4 is 28.6 Å². The van der Waals surface area contributed by atoms with Crippen LogP contribution in [-0.4, -0.2) is 9.55 Å². The number of rotatable bonds is 1. The lowest BCUT2D eigenvalue weighted by molar-refractivity contribution is 1.11. The molecule has 2 N–H and O–H groups in total. The van der Waals surface area contributed by atoms with E-state index in [1.165, 1.54) is 0 Å². The fourth-order valence-corrected chi connectivity index (χ4v) is 2.42. The molecule has 5 heteroatoms. The second kappa shape index (κ2) is 4.55. The van der Waals surface area contributed by atoms with Gasteiger partial charge in [-0.05, 0) is 42.8 Å². The third-order valence-corrected chi connectivity index (χ3v) is 3.47. The van der Waals surface area contributed by atoms with E-state index in [-0.39, 0.29) is 0 Å². The fraction of sp³-hybridized carbons (Fsp3) is 0.0667. The predicted molar refractivity (Wildman–Crippen MR) is 79.9 cm³/mol. The van der Waals surface area contributed by atoms with Crippen LogP contribution in [0, 0.1) is 18.3 Å². The van der Waals surface area contributed by atoms with E-state index in [9.17, 15) is 0 Å². The SMILES string of the molecule is Cc1ccc2c(c1)nc(N)n2-c1cc(C#N)ccc1Cl. The second-order valence-electron chi connectivity index (χ2n) is 4.58. The molecule has 0 spiro atoms. The van der Waals surface area contributed by atoms with Crippen molar-refractivity contribution in [3.63, 3.8) is 0 Å². The molecule has 0 saturated carbocycles. The van der Waals surface area contributed by atoms with Crippen molar-refractivity contribution in [3.05, 3.63) is 52.5 Å². The number of anilines is 1. The van der Waals surface area contributed by atoms with E-state index in [2.05, 4.69) is 11.1 Å². The molecular weight excluding hydrogens is 272 g/mol. The van der Waals surface area contributed by atoms with Crippen LogP contribution in [0.3, 0.4) is 0 Å². The molecule has 1 heterocycles. The molecule has 3 rings (SSSR count). The van der Waals surface area contributed by atoms with Gasteiger partial charge < -0.3 is 5.73 Å². The first kappa shape index (κ1) is 12.5. The van der Waals surface area contributed by atoms with E-state index in [0.717, 1.165) is 16.6 Å². The van der Waals surface area contributed by atoms with E-state index in [1.54, 1.807) is 22.8 Å². The number of imidazole rings is 1. The molecule has 4 nitrogen and oxygen atoms in total. The number of nitrogens with zero attached hydrogens (tertiary/aromatic N) is 3. The van der Waals surface area contributed by atoms with E-state index in [0.29, 0.717) is 22.2 Å². The highest BCUT2D eigenvalue weighted by molar-refractivity contribution is 6.32. The molecule has 0 aliphatic heterocycles. The number of nitriles is 1. The summed E-state index contributed by atoms with van der Waals surface area (Å²) in [5, 5.41) is 9.54. The largest absolute Gasteiger partial charge is 0.369 e. The van der Waals surface area contributed by atoms with Gasteiger partial charge in [0.1, 0.15) is 0 Å². The molecule has 0 saturated heterocycles. The summed E-state index contributed by atoms with van der Waals surface area (Å²) < 4.78 is 1.76. The standard InChI is InChI=1S/C15H11ClN4/c1-9-2-5-13-12(6-9)19-15(18)20(13)14-7-10(8-17)3-4-11(14)16/h2-7H,1H3,(H2,18,19). The third-order valence-electron chi connectivity index (χ3n) is 3.15. The van der Waals surface area contributed by atoms with Gasteiger partial charge in [0.05, 0.1) is 33.4 Å². The molecule has 0 amide bonds. The number of benzene rings is 2. The zero-order valence-electron chi connectivity index (χ0n) is 10.8. The Labute approximate surface area is 121 Å². The molecule has 0 aliphatic carbocycles. The molecule has 0 aliphatic rings. The lowest BCUT2D eigenvalue weighted by atomic mass is 10.2. The Morgan fingerprint density at radius 3 is 2.80 bits per heavy atom. The lowest BCUT2D eigenvalue weighted by Gasteiger charge is -2.09. The maximum atomic E-state index is 9.02. The molecule has 20 heavy (non-hydrogen) atoms. The van der Waals surface area contributed by atoms with Crippen LogP contribution in [0.25, 0.3) is 16.7 Å². The average Bonchev–Trinajstić information content (AvgIpc) is 2.74. The van der Waals surface area contributed by atoms with Crippen LogP contribution >= 0.6 is 11.6 Å². The van der Waals surface area contributed by atoms with Crippen molar-refractivity contribution in [2.75, 3.05) is 5.73 Å². The first-order valence-electron chi connectivity index (χ1n) is 6.05. The highest BCUT2D eigenvalue weighted by Crippen LogP contribution is 2.29. The van der Waals surface area contributed by atoms with Crippen molar-refractivity contribution in [2.24, 2.45) is 0 Å². The molecule has 0 bridgehead atoms. The quantitative estimate of drug-likeness (QED) is 0.743. The van der Waals surface area contributed by atoms with E-state index in [4.69, 9.17) is 22.6 Å². The van der Waals surface area contributed by atoms with Crippen LogP contribution in [0.1, 0.15) is 11.1 Å². The Balaban J connectivity index is 2.35. The summed E-state index contributed by atoms with van der Waals surface area (Å²) in [6, 6.07) is 13.1. The van der Waals surface area contributed by atoms with E-state index >= 15 is 0 Å². The van der Waals surface area contributed by atoms with Crippen molar-refractivity contribution in [3.8, 4) is 11.8 Å². The smallest absolute Gasteiger partial charge is 0.205 e. The van der Waals surface area contributed by atoms with Gasteiger partial charge in [0, 0.05) is 0 Å². The van der Waals surface area contributed by atoms with Crippen molar-refractivity contribution < 1.29 is 0 Å².